The first-order valence-electron chi connectivity index (χ1n) is 5.76. The highest BCUT2D eigenvalue weighted by atomic mass is 32.2. The third-order valence-corrected chi connectivity index (χ3v) is 4.62. The summed E-state index contributed by atoms with van der Waals surface area (Å²) >= 11 is 0. The highest BCUT2D eigenvalue weighted by Gasteiger charge is 2.21. The summed E-state index contributed by atoms with van der Waals surface area (Å²) < 4.78 is 39.2. The molecule has 0 heterocycles. The van der Waals surface area contributed by atoms with Crippen LogP contribution in [0.5, 0.6) is 0 Å². The molecule has 0 saturated carbocycles. The molecule has 0 aliphatic rings. The van der Waals surface area contributed by atoms with E-state index in [4.69, 9.17) is 0 Å². The van der Waals surface area contributed by atoms with Crippen LogP contribution in [0, 0.1) is 5.82 Å². The van der Waals surface area contributed by atoms with E-state index in [-0.39, 0.29) is 11.4 Å². The number of rotatable bonds is 4. The van der Waals surface area contributed by atoms with Crippen LogP contribution in [-0.2, 0) is 16.6 Å². The van der Waals surface area contributed by atoms with E-state index in [1.807, 2.05) is 0 Å². The van der Waals surface area contributed by atoms with E-state index in [1.165, 1.54) is 25.2 Å². The molecule has 2 aromatic rings. The molecular weight excluding hydrogens is 265 g/mol. The smallest absolute Gasteiger partial charge is 0.207 e. The maximum atomic E-state index is 13.5. The molecule has 0 unspecified atom stereocenters. The van der Waals surface area contributed by atoms with Gasteiger partial charge in [0, 0.05) is 19.2 Å². The van der Waals surface area contributed by atoms with Gasteiger partial charge >= 0.3 is 0 Å². The molecule has 0 aromatic heterocycles. The van der Waals surface area contributed by atoms with Gasteiger partial charge < -0.3 is 0 Å². The Morgan fingerprint density at radius 2 is 1.58 bits per heavy atom. The number of nitrogens with zero attached hydrogens (tertiary/aromatic N) is 1. The van der Waals surface area contributed by atoms with Crippen LogP contribution >= 0.6 is 0 Å². The molecule has 2 rings (SSSR count). The molecule has 5 heteroatoms. The second kappa shape index (κ2) is 5.50. The fourth-order valence-electron chi connectivity index (χ4n) is 1.72. The SMILES string of the molecule is CN(Cc1ccccc1F)S(=O)(=O)c1ccccc1. The second-order valence-corrected chi connectivity index (χ2v) is 6.21. The number of halogens is 1. The van der Waals surface area contributed by atoms with Gasteiger partial charge in [-0.25, -0.2) is 12.8 Å². The molecule has 0 bridgehead atoms. The number of benzene rings is 2. The maximum absolute atomic E-state index is 13.5. The van der Waals surface area contributed by atoms with Gasteiger partial charge in [0.2, 0.25) is 10.0 Å². The average Bonchev–Trinajstić information content (AvgIpc) is 2.42. The highest BCUT2D eigenvalue weighted by molar-refractivity contribution is 7.89. The van der Waals surface area contributed by atoms with Crippen LogP contribution < -0.4 is 0 Å². The molecule has 3 nitrogen and oxygen atoms in total. The summed E-state index contributed by atoms with van der Waals surface area (Å²) in [6.07, 6.45) is 0. The zero-order valence-corrected chi connectivity index (χ0v) is 11.3. The van der Waals surface area contributed by atoms with Crippen LogP contribution in [0.4, 0.5) is 4.39 Å². The van der Waals surface area contributed by atoms with Gasteiger partial charge in [0.25, 0.3) is 0 Å². The van der Waals surface area contributed by atoms with Gasteiger partial charge in [0.05, 0.1) is 4.90 Å². The van der Waals surface area contributed by atoms with Crippen molar-refractivity contribution in [2.75, 3.05) is 7.05 Å². The van der Waals surface area contributed by atoms with Gasteiger partial charge in [-0.3, -0.25) is 0 Å². The molecule has 0 aliphatic heterocycles. The van der Waals surface area contributed by atoms with E-state index >= 15 is 0 Å². The molecule has 0 fully saturated rings. The third-order valence-electron chi connectivity index (χ3n) is 2.80. The lowest BCUT2D eigenvalue weighted by atomic mass is 10.2. The van der Waals surface area contributed by atoms with Gasteiger partial charge in [-0.1, -0.05) is 36.4 Å². The van der Waals surface area contributed by atoms with Crippen molar-refractivity contribution in [3.63, 3.8) is 0 Å². The first kappa shape index (κ1) is 13.7. The maximum Gasteiger partial charge on any atom is 0.243 e. The van der Waals surface area contributed by atoms with E-state index < -0.39 is 15.8 Å². The standard InChI is InChI=1S/C14H14FNO2S/c1-16(11-12-7-5-6-10-14(12)15)19(17,18)13-8-3-2-4-9-13/h2-10H,11H2,1H3. The number of hydrogen-bond donors (Lipinski definition) is 0. The van der Waals surface area contributed by atoms with Gasteiger partial charge in [-0.2, -0.15) is 4.31 Å². The summed E-state index contributed by atoms with van der Waals surface area (Å²) in [7, 11) is -2.15. The molecular formula is C14H14FNO2S. The summed E-state index contributed by atoms with van der Waals surface area (Å²) in [5.41, 5.74) is 0.351. The zero-order valence-electron chi connectivity index (χ0n) is 10.5. The summed E-state index contributed by atoms with van der Waals surface area (Å²) in [6, 6.07) is 14.3. The largest absolute Gasteiger partial charge is 0.243 e. The number of sulfonamides is 1. The molecule has 2 aromatic carbocycles. The van der Waals surface area contributed by atoms with Gasteiger partial charge in [0.1, 0.15) is 5.82 Å². The summed E-state index contributed by atoms with van der Waals surface area (Å²) in [5.74, 6) is -0.405. The predicted octanol–water partition coefficient (Wildman–Crippen LogP) is 2.65. The lowest BCUT2D eigenvalue weighted by molar-refractivity contribution is 0.456. The van der Waals surface area contributed by atoms with Crippen LogP contribution in [0.1, 0.15) is 5.56 Å². The Bertz CT molecular complexity index is 656. The zero-order chi connectivity index (χ0) is 13.9. The molecule has 0 spiro atoms. The predicted molar refractivity (Wildman–Crippen MR) is 71.5 cm³/mol. The lowest BCUT2D eigenvalue weighted by Crippen LogP contribution is -2.26. The van der Waals surface area contributed by atoms with Crippen molar-refractivity contribution in [3.05, 3.63) is 66.0 Å². The lowest BCUT2D eigenvalue weighted by Gasteiger charge is -2.17. The van der Waals surface area contributed by atoms with E-state index in [0.29, 0.717) is 5.56 Å². The quantitative estimate of drug-likeness (QED) is 0.863. The number of hydrogen-bond acceptors (Lipinski definition) is 2. The van der Waals surface area contributed by atoms with Crippen molar-refractivity contribution < 1.29 is 12.8 Å². The molecule has 100 valence electrons. The topological polar surface area (TPSA) is 37.4 Å². The molecule has 0 aliphatic carbocycles. The van der Waals surface area contributed by atoms with Crippen LogP contribution in [0.3, 0.4) is 0 Å². The normalized spacial score (nSPS) is 11.7. The fraction of sp³-hybridized carbons (Fsp3) is 0.143. The Morgan fingerprint density at radius 3 is 2.21 bits per heavy atom. The monoisotopic (exact) mass is 279 g/mol. The third kappa shape index (κ3) is 3.00. The Morgan fingerprint density at radius 1 is 1.00 bits per heavy atom. The van der Waals surface area contributed by atoms with Crippen LogP contribution in [0.2, 0.25) is 0 Å². The highest BCUT2D eigenvalue weighted by Crippen LogP contribution is 2.17. The van der Waals surface area contributed by atoms with Gasteiger partial charge in [-0.15, -0.1) is 0 Å². The van der Waals surface area contributed by atoms with Crippen LogP contribution in [0.25, 0.3) is 0 Å². The Kier molecular flexibility index (Phi) is 3.97. The van der Waals surface area contributed by atoms with Crippen molar-refractivity contribution in [3.8, 4) is 0 Å². The second-order valence-electron chi connectivity index (χ2n) is 4.17. The molecule has 0 atom stereocenters. The van der Waals surface area contributed by atoms with E-state index in [0.717, 1.165) is 4.31 Å². The summed E-state index contributed by atoms with van der Waals surface area (Å²) in [6.45, 7) is 0.00387. The van der Waals surface area contributed by atoms with Gasteiger partial charge in [-0.05, 0) is 18.2 Å². The minimum absolute atomic E-state index is 0.00387. The Labute approximate surface area is 112 Å². The molecule has 19 heavy (non-hydrogen) atoms. The van der Waals surface area contributed by atoms with Crippen molar-refractivity contribution in [1.29, 1.82) is 0 Å². The van der Waals surface area contributed by atoms with Crippen molar-refractivity contribution in [2.24, 2.45) is 0 Å². The van der Waals surface area contributed by atoms with Crippen molar-refractivity contribution in [1.82, 2.24) is 4.31 Å². The molecule has 0 saturated heterocycles. The van der Waals surface area contributed by atoms with Crippen LogP contribution in [-0.4, -0.2) is 19.8 Å². The Balaban J connectivity index is 2.26. The van der Waals surface area contributed by atoms with Gasteiger partial charge in [0.15, 0.2) is 0 Å². The van der Waals surface area contributed by atoms with E-state index in [1.54, 1.807) is 36.4 Å². The average molecular weight is 279 g/mol. The van der Waals surface area contributed by atoms with Crippen LogP contribution in [0.15, 0.2) is 59.5 Å². The van der Waals surface area contributed by atoms with Crippen molar-refractivity contribution in [2.45, 2.75) is 11.4 Å². The Hall–Kier alpha value is -1.72. The summed E-state index contributed by atoms with van der Waals surface area (Å²) in [5, 5.41) is 0. The van der Waals surface area contributed by atoms with E-state index in [9.17, 15) is 12.8 Å². The first-order valence-corrected chi connectivity index (χ1v) is 7.20. The molecule has 0 amide bonds. The molecule has 0 N–H and O–H groups in total. The molecule has 0 radical (unpaired) electrons. The summed E-state index contributed by atoms with van der Waals surface area (Å²) in [4.78, 5) is 0.203. The minimum atomic E-state index is -3.59. The van der Waals surface area contributed by atoms with Crippen molar-refractivity contribution >= 4 is 10.0 Å². The first-order chi connectivity index (χ1) is 9.01. The van der Waals surface area contributed by atoms with E-state index in [2.05, 4.69) is 0 Å². The minimum Gasteiger partial charge on any atom is -0.207 e. The fourth-order valence-corrected chi connectivity index (χ4v) is 2.89.